The van der Waals surface area contributed by atoms with Crippen LogP contribution < -0.4 is 16.2 Å². The molecule has 2 aromatic heterocycles. The highest BCUT2D eigenvalue weighted by Gasteiger charge is 2.38. The SMILES string of the molecule is Cc1ccc(NC(=O)CC2=CC=CC(F)(F)C2)cc1-c1nc(NC(CO)CO)nc2c1ccc(=O)n2-c1c(F)cccc1F.O=C(O)C(F)(F)F. The third-order valence-electron chi connectivity index (χ3n) is 7.23. The van der Waals surface area contributed by atoms with E-state index in [-0.39, 0.29) is 34.7 Å². The number of aliphatic carboxylic acids is 1. The number of fused-ring (bicyclic) bond motifs is 1. The summed E-state index contributed by atoms with van der Waals surface area (Å²) < 4.78 is 89.8. The summed E-state index contributed by atoms with van der Waals surface area (Å²) in [6.07, 6.45) is -2.43. The van der Waals surface area contributed by atoms with E-state index in [9.17, 15) is 50.5 Å². The minimum absolute atomic E-state index is 0.163. The first kappa shape index (κ1) is 38.2. The van der Waals surface area contributed by atoms with E-state index in [1.807, 2.05) is 0 Å². The van der Waals surface area contributed by atoms with Gasteiger partial charge in [0.2, 0.25) is 11.9 Å². The number of allylic oxidation sites excluding steroid dienone is 3. The predicted octanol–water partition coefficient (Wildman–Crippen LogP) is 5.28. The molecule has 18 heteroatoms. The molecule has 270 valence electrons. The Morgan fingerprint density at radius 1 is 1.02 bits per heavy atom. The molecule has 0 atom stereocenters. The Bertz CT molecular complexity index is 2060. The zero-order valence-electron chi connectivity index (χ0n) is 26.3. The first-order chi connectivity index (χ1) is 23.9. The van der Waals surface area contributed by atoms with Crippen molar-refractivity contribution < 1.29 is 55.6 Å². The number of carbonyl (C=O) groups excluding carboxylic acids is 1. The topological polar surface area (TPSA) is 167 Å². The molecular formula is C33H28F7N5O6. The number of anilines is 2. The number of halogens is 7. The number of nitrogens with one attached hydrogen (secondary N) is 2. The molecule has 5 rings (SSSR count). The molecule has 4 aromatic rings. The number of amides is 1. The fourth-order valence-corrected chi connectivity index (χ4v) is 4.87. The lowest BCUT2D eigenvalue weighted by molar-refractivity contribution is -0.192. The maximum absolute atomic E-state index is 14.9. The predicted molar refractivity (Wildman–Crippen MR) is 171 cm³/mol. The van der Waals surface area contributed by atoms with Crippen LogP contribution in [0.2, 0.25) is 0 Å². The summed E-state index contributed by atoms with van der Waals surface area (Å²) in [4.78, 5) is 43.6. The number of carboxylic acids is 1. The number of para-hydroxylation sites is 1. The number of rotatable bonds is 9. The van der Waals surface area contributed by atoms with E-state index in [1.54, 1.807) is 25.1 Å². The molecule has 0 fully saturated rings. The van der Waals surface area contributed by atoms with Gasteiger partial charge >= 0.3 is 12.1 Å². The average Bonchev–Trinajstić information content (AvgIpc) is 3.04. The Morgan fingerprint density at radius 2 is 1.67 bits per heavy atom. The van der Waals surface area contributed by atoms with E-state index < -0.39 is 72.5 Å². The molecule has 11 nitrogen and oxygen atoms in total. The summed E-state index contributed by atoms with van der Waals surface area (Å²) in [5, 5.41) is 32.1. The second-order valence-electron chi connectivity index (χ2n) is 11.1. The molecule has 2 heterocycles. The molecule has 0 spiro atoms. The van der Waals surface area contributed by atoms with Crippen molar-refractivity contribution in [2.45, 2.75) is 37.9 Å². The van der Waals surface area contributed by atoms with Gasteiger partial charge in [0.25, 0.3) is 11.5 Å². The Balaban J connectivity index is 0.000000755. The van der Waals surface area contributed by atoms with Gasteiger partial charge in [-0.2, -0.15) is 18.2 Å². The van der Waals surface area contributed by atoms with Crippen LogP contribution in [0.25, 0.3) is 28.0 Å². The Labute approximate surface area is 283 Å². The molecular weight excluding hydrogens is 695 g/mol. The molecule has 51 heavy (non-hydrogen) atoms. The van der Waals surface area contributed by atoms with E-state index in [0.29, 0.717) is 16.8 Å². The summed E-state index contributed by atoms with van der Waals surface area (Å²) in [5.41, 5.74) is 0.260. The number of aryl methyl sites for hydroxylation is 1. The summed E-state index contributed by atoms with van der Waals surface area (Å²) in [6.45, 7) is 0.741. The minimum atomic E-state index is -5.08. The number of alkyl halides is 5. The fraction of sp³-hybridized carbons (Fsp3) is 0.242. The second kappa shape index (κ2) is 15.5. The summed E-state index contributed by atoms with van der Waals surface area (Å²) in [7, 11) is 0. The third-order valence-corrected chi connectivity index (χ3v) is 7.23. The molecule has 1 aliphatic rings. The van der Waals surface area contributed by atoms with Crippen LogP contribution in [0.4, 0.5) is 42.4 Å². The molecule has 5 N–H and O–H groups in total. The fourth-order valence-electron chi connectivity index (χ4n) is 4.87. The number of aromatic nitrogens is 3. The molecule has 0 saturated heterocycles. The maximum Gasteiger partial charge on any atom is 0.490 e. The number of nitrogens with zero attached hydrogens (tertiary/aromatic N) is 3. The van der Waals surface area contributed by atoms with Crippen molar-refractivity contribution in [1.82, 2.24) is 14.5 Å². The third kappa shape index (κ3) is 9.34. The molecule has 0 radical (unpaired) electrons. The highest BCUT2D eigenvalue weighted by molar-refractivity contribution is 5.96. The monoisotopic (exact) mass is 723 g/mol. The van der Waals surface area contributed by atoms with Gasteiger partial charge in [0.15, 0.2) is 5.65 Å². The number of carbonyl (C=O) groups is 2. The summed E-state index contributed by atoms with van der Waals surface area (Å²) >= 11 is 0. The van der Waals surface area contributed by atoms with E-state index in [1.165, 1.54) is 18.2 Å². The first-order valence-electron chi connectivity index (χ1n) is 14.8. The van der Waals surface area contributed by atoms with E-state index in [2.05, 4.69) is 20.6 Å². The van der Waals surface area contributed by atoms with Crippen molar-refractivity contribution in [3.63, 3.8) is 0 Å². The van der Waals surface area contributed by atoms with Gasteiger partial charge in [0.1, 0.15) is 17.3 Å². The molecule has 0 bridgehead atoms. The molecule has 0 unspecified atom stereocenters. The standard InChI is InChI=1S/C31H27F4N5O4.C2HF3O2/c1-17-7-8-19(36-25(43)12-18-4-3-11-31(34,35)14-18)13-22(17)27-21-9-10-26(44)40(28-23(32)5-2-6-24(28)33)29(21)39-30(38-27)37-20(15-41)16-42;3-2(4,5)1(6)7/h2-11,13,20,41-42H,12,14-16H2,1H3,(H,36,43)(H,37,38,39);(H,6,7). The molecule has 1 amide bonds. The van der Waals surface area contributed by atoms with Crippen LogP contribution >= 0.6 is 0 Å². The Hall–Kier alpha value is -5.62. The minimum Gasteiger partial charge on any atom is -0.475 e. The second-order valence-corrected chi connectivity index (χ2v) is 11.1. The van der Waals surface area contributed by atoms with Crippen molar-refractivity contribution in [3.8, 4) is 16.9 Å². The lowest BCUT2D eigenvalue weighted by Crippen LogP contribution is -2.29. The zero-order chi connectivity index (χ0) is 37.7. The van der Waals surface area contributed by atoms with Gasteiger partial charge in [0.05, 0.1) is 24.9 Å². The average molecular weight is 724 g/mol. The number of aliphatic hydroxyl groups is 2. The molecule has 2 aromatic carbocycles. The van der Waals surface area contributed by atoms with Crippen LogP contribution in [0.3, 0.4) is 0 Å². The van der Waals surface area contributed by atoms with Gasteiger partial charge in [0, 0.05) is 35.5 Å². The van der Waals surface area contributed by atoms with Crippen LogP contribution in [0, 0.1) is 18.6 Å². The van der Waals surface area contributed by atoms with Crippen LogP contribution in [0.5, 0.6) is 0 Å². The maximum atomic E-state index is 14.9. The highest BCUT2D eigenvalue weighted by atomic mass is 19.4. The van der Waals surface area contributed by atoms with Gasteiger partial charge in [-0.05, 0) is 48.9 Å². The van der Waals surface area contributed by atoms with E-state index >= 15 is 0 Å². The van der Waals surface area contributed by atoms with Crippen LogP contribution in [0.1, 0.15) is 18.4 Å². The van der Waals surface area contributed by atoms with Crippen molar-refractivity contribution in [3.05, 3.63) is 99.9 Å². The number of hydrogen-bond donors (Lipinski definition) is 5. The molecule has 0 saturated carbocycles. The van der Waals surface area contributed by atoms with E-state index in [0.717, 1.165) is 34.9 Å². The lowest BCUT2D eigenvalue weighted by Gasteiger charge is -2.19. The summed E-state index contributed by atoms with van der Waals surface area (Å²) in [5.74, 6) is -8.50. The van der Waals surface area contributed by atoms with Crippen molar-refractivity contribution in [2.24, 2.45) is 0 Å². The number of carboxylic acid groups (broad SMARTS) is 1. The summed E-state index contributed by atoms with van der Waals surface area (Å²) in [6, 6.07) is 9.62. The Kier molecular flexibility index (Phi) is 11.6. The molecule has 0 aliphatic heterocycles. The van der Waals surface area contributed by atoms with Gasteiger partial charge in [-0.25, -0.2) is 27.3 Å². The van der Waals surface area contributed by atoms with Crippen LogP contribution in [0.15, 0.2) is 77.1 Å². The normalized spacial score (nSPS) is 13.7. The number of pyridine rings is 1. The van der Waals surface area contributed by atoms with Gasteiger partial charge in [-0.1, -0.05) is 29.9 Å². The largest absolute Gasteiger partial charge is 0.490 e. The Morgan fingerprint density at radius 3 is 2.25 bits per heavy atom. The smallest absolute Gasteiger partial charge is 0.475 e. The van der Waals surface area contributed by atoms with Crippen molar-refractivity contribution in [1.29, 1.82) is 0 Å². The number of hydrogen-bond acceptors (Lipinski definition) is 8. The number of benzene rings is 2. The van der Waals surface area contributed by atoms with Gasteiger partial charge in [-0.3, -0.25) is 14.2 Å². The first-order valence-corrected chi connectivity index (χ1v) is 14.8. The quantitative estimate of drug-likeness (QED) is 0.144. The zero-order valence-corrected chi connectivity index (χ0v) is 26.3. The van der Waals surface area contributed by atoms with E-state index in [4.69, 9.17) is 9.90 Å². The van der Waals surface area contributed by atoms with Gasteiger partial charge in [-0.15, -0.1) is 0 Å². The van der Waals surface area contributed by atoms with Gasteiger partial charge < -0.3 is 26.0 Å². The highest BCUT2D eigenvalue weighted by Crippen LogP contribution is 2.34. The van der Waals surface area contributed by atoms with Crippen LogP contribution in [-0.4, -0.2) is 73.1 Å². The number of aliphatic hydroxyl groups excluding tert-OH is 2. The van der Waals surface area contributed by atoms with Crippen molar-refractivity contribution >= 4 is 34.5 Å². The van der Waals surface area contributed by atoms with Crippen LogP contribution in [-0.2, 0) is 9.59 Å². The molecule has 1 aliphatic carbocycles. The van der Waals surface area contributed by atoms with Crippen molar-refractivity contribution in [2.75, 3.05) is 23.8 Å². The lowest BCUT2D eigenvalue weighted by atomic mass is 9.98.